The second-order valence-corrected chi connectivity index (χ2v) is 3.60. The zero-order valence-corrected chi connectivity index (χ0v) is 10.3. The molecule has 0 atom stereocenters. The third kappa shape index (κ3) is 4.48. The van der Waals surface area contributed by atoms with Crippen LogP contribution in [0.15, 0.2) is 12.1 Å². The second-order valence-electron chi connectivity index (χ2n) is 3.22. The molecular formula is C11H14ClNO4. The summed E-state index contributed by atoms with van der Waals surface area (Å²) in [6.07, 6.45) is 0.809. The molecule has 0 aliphatic carbocycles. The molecule has 0 saturated carbocycles. The molecule has 0 bridgehead atoms. The SMILES string of the molecule is CCOC(=O)c1ccc(OC(=O)CCCCl)[nH]1. The van der Waals surface area contributed by atoms with Crippen LogP contribution < -0.4 is 4.74 Å². The van der Waals surface area contributed by atoms with Crippen molar-refractivity contribution in [3.05, 3.63) is 17.8 Å². The maximum Gasteiger partial charge on any atom is 0.354 e. The molecule has 5 nitrogen and oxygen atoms in total. The molecule has 6 heteroatoms. The van der Waals surface area contributed by atoms with Crippen molar-refractivity contribution in [3.63, 3.8) is 0 Å². The highest BCUT2D eigenvalue weighted by molar-refractivity contribution is 6.17. The van der Waals surface area contributed by atoms with E-state index in [0.29, 0.717) is 18.9 Å². The van der Waals surface area contributed by atoms with E-state index in [4.69, 9.17) is 21.1 Å². The lowest BCUT2D eigenvalue weighted by molar-refractivity contribution is -0.134. The lowest BCUT2D eigenvalue weighted by Crippen LogP contribution is -2.09. The van der Waals surface area contributed by atoms with Gasteiger partial charge in [0.25, 0.3) is 0 Å². The largest absolute Gasteiger partial charge is 0.461 e. The third-order valence-corrected chi connectivity index (χ3v) is 2.16. The fourth-order valence-electron chi connectivity index (χ4n) is 1.15. The summed E-state index contributed by atoms with van der Waals surface area (Å²) < 4.78 is 9.75. The first kappa shape index (κ1) is 13.6. The van der Waals surface area contributed by atoms with Crippen molar-refractivity contribution in [3.8, 4) is 5.88 Å². The zero-order valence-electron chi connectivity index (χ0n) is 9.49. The fraction of sp³-hybridized carbons (Fsp3) is 0.455. The van der Waals surface area contributed by atoms with E-state index in [2.05, 4.69) is 4.98 Å². The summed E-state index contributed by atoms with van der Waals surface area (Å²) in [7, 11) is 0. The van der Waals surface area contributed by atoms with Crippen molar-refractivity contribution in [1.29, 1.82) is 0 Å². The van der Waals surface area contributed by atoms with Crippen molar-refractivity contribution in [2.24, 2.45) is 0 Å². The van der Waals surface area contributed by atoms with Crippen LogP contribution in [0.4, 0.5) is 0 Å². The van der Waals surface area contributed by atoms with E-state index >= 15 is 0 Å². The number of hydrogen-bond donors (Lipinski definition) is 1. The molecule has 0 fully saturated rings. The van der Waals surface area contributed by atoms with Gasteiger partial charge in [-0.2, -0.15) is 0 Å². The summed E-state index contributed by atoms with van der Waals surface area (Å²) in [5.74, 6) is -0.223. The van der Waals surface area contributed by atoms with Crippen LogP contribution in [0.5, 0.6) is 5.88 Å². The van der Waals surface area contributed by atoms with E-state index in [9.17, 15) is 9.59 Å². The quantitative estimate of drug-likeness (QED) is 0.628. The Morgan fingerprint density at radius 2 is 2.18 bits per heavy atom. The highest BCUT2D eigenvalue weighted by Crippen LogP contribution is 2.12. The van der Waals surface area contributed by atoms with Crippen molar-refractivity contribution in [1.82, 2.24) is 4.98 Å². The third-order valence-electron chi connectivity index (χ3n) is 1.89. The van der Waals surface area contributed by atoms with Gasteiger partial charge in [0.2, 0.25) is 5.88 Å². The van der Waals surface area contributed by atoms with E-state index < -0.39 is 5.97 Å². The van der Waals surface area contributed by atoms with Gasteiger partial charge in [0.1, 0.15) is 5.69 Å². The Morgan fingerprint density at radius 3 is 2.82 bits per heavy atom. The number of H-pyrrole nitrogens is 1. The number of aromatic nitrogens is 1. The molecule has 0 unspecified atom stereocenters. The number of aromatic amines is 1. The molecule has 0 aromatic carbocycles. The second kappa shape index (κ2) is 6.96. The molecule has 0 spiro atoms. The van der Waals surface area contributed by atoms with Crippen molar-refractivity contribution < 1.29 is 19.1 Å². The average Bonchev–Trinajstić information content (AvgIpc) is 2.75. The number of halogens is 1. The summed E-state index contributed by atoms with van der Waals surface area (Å²) >= 11 is 5.45. The molecule has 94 valence electrons. The zero-order chi connectivity index (χ0) is 12.7. The van der Waals surface area contributed by atoms with Crippen LogP contribution in [0.25, 0.3) is 0 Å². The standard InChI is InChI=1S/C11H14ClNO4/c1-2-16-11(15)8-5-6-9(13-8)17-10(14)4-3-7-12/h5-6,13H,2-4,7H2,1H3. The van der Waals surface area contributed by atoms with Gasteiger partial charge in [0.05, 0.1) is 6.61 Å². The van der Waals surface area contributed by atoms with Crippen molar-refractivity contribution in [2.75, 3.05) is 12.5 Å². The van der Waals surface area contributed by atoms with Crippen LogP contribution in [0.3, 0.4) is 0 Å². The summed E-state index contributed by atoms with van der Waals surface area (Å²) in [4.78, 5) is 25.2. The van der Waals surface area contributed by atoms with Crippen LogP contribution in [-0.4, -0.2) is 29.4 Å². The average molecular weight is 260 g/mol. The van der Waals surface area contributed by atoms with Gasteiger partial charge in [0, 0.05) is 18.4 Å². The summed E-state index contributed by atoms with van der Waals surface area (Å²) in [6, 6.07) is 3.01. The minimum absolute atomic E-state index is 0.229. The number of rotatable bonds is 6. The monoisotopic (exact) mass is 259 g/mol. The molecule has 1 N–H and O–H groups in total. The number of nitrogens with one attached hydrogen (secondary N) is 1. The Labute approximate surface area is 104 Å². The minimum atomic E-state index is -0.476. The fourth-order valence-corrected chi connectivity index (χ4v) is 1.28. The van der Waals surface area contributed by atoms with E-state index in [0.717, 1.165) is 0 Å². The molecule has 0 radical (unpaired) electrons. The van der Waals surface area contributed by atoms with Crippen LogP contribution in [0, 0.1) is 0 Å². The maximum atomic E-state index is 11.3. The van der Waals surface area contributed by atoms with Crippen LogP contribution in [0.1, 0.15) is 30.3 Å². The Balaban J connectivity index is 2.50. The summed E-state index contributed by atoms with van der Waals surface area (Å²) in [6.45, 7) is 2.01. The molecule has 1 rings (SSSR count). The first-order valence-corrected chi connectivity index (χ1v) is 5.83. The highest BCUT2D eigenvalue weighted by Gasteiger charge is 2.11. The number of alkyl halides is 1. The Kier molecular flexibility index (Phi) is 5.56. The van der Waals surface area contributed by atoms with Gasteiger partial charge in [-0.15, -0.1) is 11.6 Å². The number of ether oxygens (including phenoxy) is 2. The molecule has 1 heterocycles. The molecule has 0 amide bonds. The van der Waals surface area contributed by atoms with Crippen LogP contribution in [-0.2, 0) is 9.53 Å². The minimum Gasteiger partial charge on any atom is -0.461 e. The Hall–Kier alpha value is -1.49. The summed E-state index contributed by atoms with van der Waals surface area (Å²) in [5, 5.41) is 0. The van der Waals surface area contributed by atoms with E-state index in [1.165, 1.54) is 12.1 Å². The number of hydrogen-bond acceptors (Lipinski definition) is 4. The van der Waals surface area contributed by atoms with Crippen molar-refractivity contribution >= 4 is 23.5 Å². The maximum absolute atomic E-state index is 11.3. The number of esters is 2. The molecule has 0 aliphatic heterocycles. The van der Waals surface area contributed by atoms with Gasteiger partial charge >= 0.3 is 11.9 Å². The van der Waals surface area contributed by atoms with Gasteiger partial charge in [-0.25, -0.2) is 4.79 Å². The smallest absolute Gasteiger partial charge is 0.354 e. The first-order valence-electron chi connectivity index (χ1n) is 5.30. The topological polar surface area (TPSA) is 68.4 Å². The van der Waals surface area contributed by atoms with E-state index in [1.54, 1.807) is 6.92 Å². The molecule has 0 aliphatic rings. The van der Waals surface area contributed by atoms with Crippen LogP contribution >= 0.6 is 11.6 Å². The molecule has 0 saturated heterocycles. The van der Waals surface area contributed by atoms with Crippen LogP contribution in [0.2, 0.25) is 0 Å². The summed E-state index contributed by atoms with van der Waals surface area (Å²) in [5.41, 5.74) is 0.256. The highest BCUT2D eigenvalue weighted by atomic mass is 35.5. The number of carbonyl (C=O) groups excluding carboxylic acids is 2. The van der Waals surface area contributed by atoms with Crippen molar-refractivity contribution in [2.45, 2.75) is 19.8 Å². The Bertz CT molecular complexity index is 389. The molecule has 17 heavy (non-hydrogen) atoms. The van der Waals surface area contributed by atoms with Gasteiger partial charge < -0.3 is 14.5 Å². The molecular weight excluding hydrogens is 246 g/mol. The molecule has 1 aromatic rings. The predicted molar refractivity (Wildman–Crippen MR) is 62.3 cm³/mol. The van der Waals surface area contributed by atoms with E-state index in [1.807, 2.05) is 0 Å². The van der Waals surface area contributed by atoms with Gasteiger partial charge in [-0.3, -0.25) is 4.79 Å². The normalized spacial score (nSPS) is 10.0. The lowest BCUT2D eigenvalue weighted by atomic mass is 10.3. The molecule has 1 aromatic heterocycles. The van der Waals surface area contributed by atoms with Gasteiger partial charge in [-0.05, 0) is 19.4 Å². The van der Waals surface area contributed by atoms with Gasteiger partial charge in [-0.1, -0.05) is 0 Å². The van der Waals surface area contributed by atoms with E-state index in [-0.39, 0.29) is 24.0 Å². The lowest BCUT2D eigenvalue weighted by Gasteiger charge is -2.01. The van der Waals surface area contributed by atoms with Gasteiger partial charge in [0.15, 0.2) is 0 Å². The number of carbonyl (C=O) groups is 2. The first-order chi connectivity index (χ1) is 8.17. The predicted octanol–water partition coefficient (Wildman–Crippen LogP) is 2.12. The Morgan fingerprint density at radius 1 is 1.41 bits per heavy atom.